The molecule has 1 aliphatic rings. The zero-order valence-corrected chi connectivity index (χ0v) is 14.4. The second-order valence-electron chi connectivity index (χ2n) is 5.47. The van der Waals surface area contributed by atoms with Gasteiger partial charge in [0.25, 0.3) is 5.91 Å². The van der Waals surface area contributed by atoms with Crippen LogP contribution in [0.5, 0.6) is 0 Å². The third kappa shape index (κ3) is 2.78. The molecule has 3 heterocycles. The maximum atomic E-state index is 12.3. The minimum absolute atomic E-state index is 0.0388. The van der Waals surface area contributed by atoms with Crippen molar-refractivity contribution in [2.24, 2.45) is 0 Å². The molecule has 0 radical (unpaired) electrons. The van der Waals surface area contributed by atoms with Crippen molar-refractivity contribution in [1.29, 1.82) is 0 Å². The molecule has 24 heavy (non-hydrogen) atoms. The van der Waals surface area contributed by atoms with Gasteiger partial charge in [0.1, 0.15) is 0 Å². The Balaban J connectivity index is 1.47. The van der Waals surface area contributed by atoms with Crippen molar-refractivity contribution in [1.82, 2.24) is 14.7 Å². The smallest absolute Gasteiger partial charge is 0.251 e. The van der Waals surface area contributed by atoms with Gasteiger partial charge in [-0.05, 0) is 25.1 Å². The molecule has 0 fully saturated rings. The van der Waals surface area contributed by atoms with E-state index in [2.05, 4.69) is 15.6 Å². The van der Waals surface area contributed by atoms with E-state index in [0.29, 0.717) is 17.8 Å². The van der Waals surface area contributed by atoms with Crippen molar-refractivity contribution in [2.75, 3.05) is 5.32 Å². The number of imidazole rings is 1. The molecule has 6 nitrogen and oxygen atoms in total. The van der Waals surface area contributed by atoms with Crippen molar-refractivity contribution in [3.63, 3.8) is 0 Å². The van der Waals surface area contributed by atoms with Gasteiger partial charge in [-0.25, -0.2) is 4.98 Å². The number of aromatic nitrogens is 2. The van der Waals surface area contributed by atoms with Crippen molar-refractivity contribution in [2.45, 2.75) is 23.6 Å². The molecule has 1 unspecified atom stereocenters. The summed E-state index contributed by atoms with van der Waals surface area (Å²) in [5, 5.41) is 7.55. The monoisotopic (exact) mass is 358 g/mol. The first-order valence-corrected chi connectivity index (χ1v) is 9.17. The molecule has 3 aromatic rings. The summed E-state index contributed by atoms with van der Waals surface area (Å²) in [6.45, 7) is 2.22. The highest BCUT2D eigenvalue weighted by atomic mass is 32.2. The van der Waals surface area contributed by atoms with E-state index in [1.54, 1.807) is 23.5 Å². The lowest BCUT2D eigenvalue weighted by Crippen LogP contribution is -2.27. The van der Waals surface area contributed by atoms with E-state index in [-0.39, 0.29) is 17.1 Å². The zero-order chi connectivity index (χ0) is 16.7. The van der Waals surface area contributed by atoms with Gasteiger partial charge in [0, 0.05) is 28.2 Å². The summed E-state index contributed by atoms with van der Waals surface area (Å²) in [6, 6.07) is 5.36. The van der Waals surface area contributed by atoms with E-state index < -0.39 is 0 Å². The minimum Gasteiger partial charge on any atom is -0.346 e. The normalized spacial score (nSPS) is 16.7. The Hall–Kier alpha value is -2.32. The molecule has 2 amide bonds. The Morgan fingerprint density at radius 1 is 1.46 bits per heavy atom. The summed E-state index contributed by atoms with van der Waals surface area (Å²) < 4.78 is 1.93. The Kier molecular flexibility index (Phi) is 3.78. The molecule has 8 heteroatoms. The van der Waals surface area contributed by atoms with Crippen LogP contribution in [0.4, 0.5) is 5.69 Å². The van der Waals surface area contributed by atoms with Gasteiger partial charge in [0.05, 0.1) is 23.2 Å². The first-order chi connectivity index (χ1) is 11.6. The number of amides is 2. The molecule has 122 valence electrons. The average molecular weight is 358 g/mol. The van der Waals surface area contributed by atoms with Crippen LogP contribution in [-0.4, -0.2) is 26.4 Å². The second-order valence-corrected chi connectivity index (χ2v) is 7.72. The molecular formula is C16H14N4O2S2. The van der Waals surface area contributed by atoms with Gasteiger partial charge >= 0.3 is 0 Å². The van der Waals surface area contributed by atoms with E-state index in [1.165, 1.54) is 11.8 Å². The van der Waals surface area contributed by atoms with Crippen molar-refractivity contribution >= 4 is 45.6 Å². The number of thioether (sulfide) groups is 1. The molecule has 4 rings (SSSR count). The molecule has 0 saturated heterocycles. The molecule has 0 bridgehead atoms. The fourth-order valence-corrected chi connectivity index (χ4v) is 4.13. The molecular weight excluding hydrogens is 344 g/mol. The lowest BCUT2D eigenvalue weighted by molar-refractivity contribution is -0.115. The number of benzene rings is 1. The predicted molar refractivity (Wildman–Crippen MR) is 94.6 cm³/mol. The van der Waals surface area contributed by atoms with Crippen LogP contribution in [-0.2, 0) is 11.3 Å². The molecule has 0 saturated carbocycles. The first-order valence-electron chi connectivity index (χ1n) is 7.41. The zero-order valence-electron chi connectivity index (χ0n) is 12.8. The Morgan fingerprint density at radius 3 is 3.17 bits per heavy atom. The van der Waals surface area contributed by atoms with Gasteiger partial charge in [-0.1, -0.05) is 0 Å². The van der Waals surface area contributed by atoms with Crippen molar-refractivity contribution < 1.29 is 9.59 Å². The number of anilines is 1. The first kappa shape index (κ1) is 15.2. The number of hydrogen-bond acceptors (Lipinski definition) is 5. The van der Waals surface area contributed by atoms with Crippen LogP contribution >= 0.6 is 23.1 Å². The molecule has 1 aromatic carbocycles. The Morgan fingerprint density at radius 2 is 2.33 bits per heavy atom. The minimum atomic E-state index is -0.188. The standard InChI is InChI=1S/C16H14N4O2S2/c1-9-14(21)19-12-6-10(2-3-13(12)24-9)15(22)17-7-11-8-20-4-5-23-16(20)18-11/h2-6,8-9H,7H2,1H3,(H,17,22)(H,19,21). The Labute approximate surface area is 146 Å². The molecule has 2 aromatic heterocycles. The van der Waals surface area contributed by atoms with Crippen LogP contribution in [0.2, 0.25) is 0 Å². The fraction of sp³-hybridized carbons (Fsp3) is 0.188. The van der Waals surface area contributed by atoms with Gasteiger partial charge < -0.3 is 10.6 Å². The number of carbonyl (C=O) groups is 2. The van der Waals surface area contributed by atoms with Crippen LogP contribution in [0.25, 0.3) is 4.96 Å². The number of nitrogens with zero attached hydrogens (tertiary/aromatic N) is 2. The van der Waals surface area contributed by atoms with E-state index >= 15 is 0 Å². The topological polar surface area (TPSA) is 75.5 Å². The number of hydrogen-bond donors (Lipinski definition) is 2. The quantitative estimate of drug-likeness (QED) is 0.755. The van der Waals surface area contributed by atoms with Gasteiger partial charge in [-0.2, -0.15) is 0 Å². The molecule has 1 atom stereocenters. The summed E-state index contributed by atoms with van der Waals surface area (Å²) in [4.78, 5) is 30.4. The molecule has 1 aliphatic heterocycles. The number of rotatable bonds is 3. The second kappa shape index (κ2) is 5.95. The van der Waals surface area contributed by atoms with E-state index in [4.69, 9.17) is 0 Å². The number of fused-ring (bicyclic) bond motifs is 2. The summed E-state index contributed by atoms with van der Waals surface area (Å²) in [6.07, 6.45) is 3.83. The van der Waals surface area contributed by atoms with Gasteiger partial charge in [0.15, 0.2) is 4.96 Å². The van der Waals surface area contributed by atoms with E-state index in [9.17, 15) is 9.59 Å². The maximum absolute atomic E-state index is 12.3. The average Bonchev–Trinajstić information content (AvgIpc) is 3.14. The Bertz CT molecular complexity index is 918. The summed E-state index contributed by atoms with van der Waals surface area (Å²) in [5.74, 6) is -0.227. The third-order valence-electron chi connectivity index (χ3n) is 3.75. The molecule has 2 N–H and O–H groups in total. The number of nitrogens with one attached hydrogen (secondary N) is 2. The number of thiazole rings is 1. The highest BCUT2D eigenvalue weighted by molar-refractivity contribution is 8.00. The fourth-order valence-electron chi connectivity index (χ4n) is 2.48. The van der Waals surface area contributed by atoms with Gasteiger partial charge in [-0.3, -0.25) is 14.0 Å². The summed E-state index contributed by atoms with van der Waals surface area (Å²) >= 11 is 3.05. The van der Waals surface area contributed by atoms with Gasteiger partial charge in [0.2, 0.25) is 5.91 Å². The largest absolute Gasteiger partial charge is 0.346 e. The van der Waals surface area contributed by atoms with Gasteiger partial charge in [-0.15, -0.1) is 23.1 Å². The number of carbonyl (C=O) groups excluding carboxylic acids is 2. The van der Waals surface area contributed by atoms with E-state index in [0.717, 1.165) is 15.6 Å². The van der Waals surface area contributed by atoms with Crippen LogP contribution < -0.4 is 10.6 Å². The van der Waals surface area contributed by atoms with Crippen LogP contribution in [0, 0.1) is 0 Å². The van der Waals surface area contributed by atoms with E-state index in [1.807, 2.05) is 35.2 Å². The van der Waals surface area contributed by atoms with Crippen LogP contribution in [0.3, 0.4) is 0 Å². The van der Waals surface area contributed by atoms with Crippen molar-refractivity contribution in [3.8, 4) is 0 Å². The lowest BCUT2D eigenvalue weighted by Gasteiger charge is -2.21. The summed E-state index contributed by atoms with van der Waals surface area (Å²) in [5.41, 5.74) is 2.02. The third-order valence-corrected chi connectivity index (χ3v) is 5.69. The SMILES string of the molecule is CC1Sc2ccc(C(=O)NCc3cn4ccsc4n3)cc2NC1=O. The highest BCUT2D eigenvalue weighted by Gasteiger charge is 2.23. The summed E-state index contributed by atoms with van der Waals surface area (Å²) in [7, 11) is 0. The maximum Gasteiger partial charge on any atom is 0.251 e. The molecule has 0 aliphatic carbocycles. The van der Waals surface area contributed by atoms with Crippen LogP contribution in [0.1, 0.15) is 23.0 Å². The molecule has 0 spiro atoms. The highest BCUT2D eigenvalue weighted by Crippen LogP contribution is 2.35. The predicted octanol–water partition coefficient (Wildman–Crippen LogP) is 2.76. The lowest BCUT2D eigenvalue weighted by atomic mass is 10.1. The van der Waals surface area contributed by atoms with Crippen LogP contribution in [0.15, 0.2) is 40.9 Å². The van der Waals surface area contributed by atoms with Crippen molar-refractivity contribution in [3.05, 3.63) is 47.2 Å².